The van der Waals surface area contributed by atoms with Gasteiger partial charge in [0.2, 0.25) is 0 Å². The van der Waals surface area contributed by atoms with Gasteiger partial charge in [0.15, 0.2) is 11.6 Å². The van der Waals surface area contributed by atoms with Gasteiger partial charge in [0, 0.05) is 17.2 Å². The molecule has 1 atom stereocenters. The third-order valence-electron chi connectivity index (χ3n) is 3.00. The number of halogens is 2. The first-order valence-corrected chi connectivity index (χ1v) is 4.96. The number of rotatable bonds is 1. The van der Waals surface area contributed by atoms with Crippen LogP contribution in [0, 0.1) is 11.6 Å². The Kier molecular flexibility index (Phi) is 2.38. The van der Waals surface area contributed by atoms with Crippen molar-refractivity contribution in [2.75, 3.05) is 6.54 Å². The minimum atomic E-state index is -1.02. The van der Waals surface area contributed by atoms with Crippen molar-refractivity contribution in [1.29, 1.82) is 0 Å². The molecule has 2 nitrogen and oxygen atoms in total. The topological polar surface area (TPSA) is 32.3 Å². The molecule has 0 spiro atoms. The molecule has 82 valence electrons. The van der Waals surface area contributed by atoms with Gasteiger partial charge in [0.05, 0.1) is 0 Å². The molecule has 1 saturated heterocycles. The second-order valence-corrected chi connectivity index (χ2v) is 4.15. The fraction of sp³-hybridized carbons (Fsp3) is 0.455. The first kappa shape index (κ1) is 10.4. The van der Waals surface area contributed by atoms with Crippen LogP contribution in [-0.4, -0.2) is 11.7 Å². The average Bonchev–Trinajstić information content (AvgIpc) is 2.60. The van der Waals surface area contributed by atoms with Crippen LogP contribution in [0.1, 0.15) is 25.3 Å². The van der Waals surface area contributed by atoms with Crippen LogP contribution in [0.2, 0.25) is 0 Å². The second-order valence-electron chi connectivity index (χ2n) is 4.15. The number of phenolic OH excluding ortho intramolecular Hbond substituents is 1. The Labute approximate surface area is 86.9 Å². The number of hydrogen-bond acceptors (Lipinski definition) is 2. The van der Waals surface area contributed by atoms with Gasteiger partial charge in [-0.05, 0) is 32.4 Å². The molecule has 1 aliphatic heterocycles. The second kappa shape index (κ2) is 3.45. The fourth-order valence-corrected chi connectivity index (χ4v) is 2.10. The minimum absolute atomic E-state index is 0.189. The molecule has 0 aliphatic carbocycles. The maximum absolute atomic E-state index is 13.1. The summed E-state index contributed by atoms with van der Waals surface area (Å²) in [6.45, 7) is 2.71. The Hall–Kier alpha value is -1.16. The highest BCUT2D eigenvalue weighted by molar-refractivity contribution is 5.39. The third-order valence-corrected chi connectivity index (χ3v) is 3.00. The van der Waals surface area contributed by atoms with Gasteiger partial charge in [-0.3, -0.25) is 0 Å². The molecule has 0 aromatic heterocycles. The lowest BCUT2D eigenvalue weighted by Gasteiger charge is -2.25. The van der Waals surface area contributed by atoms with E-state index in [1.165, 1.54) is 0 Å². The number of hydrogen-bond donors (Lipinski definition) is 2. The maximum Gasteiger partial charge on any atom is 0.162 e. The van der Waals surface area contributed by atoms with Crippen molar-refractivity contribution in [3.05, 3.63) is 29.3 Å². The average molecular weight is 213 g/mol. The highest BCUT2D eigenvalue weighted by Crippen LogP contribution is 2.36. The van der Waals surface area contributed by atoms with E-state index in [9.17, 15) is 13.9 Å². The SMILES string of the molecule is CC1(c2cc(F)c(F)cc2O)CCCN1. The quantitative estimate of drug-likeness (QED) is 0.750. The van der Waals surface area contributed by atoms with Crippen molar-refractivity contribution in [2.24, 2.45) is 0 Å². The molecule has 15 heavy (non-hydrogen) atoms. The summed E-state index contributed by atoms with van der Waals surface area (Å²) in [7, 11) is 0. The molecule has 1 aromatic rings. The Balaban J connectivity index is 2.48. The lowest BCUT2D eigenvalue weighted by molar-refractivity contribution is 0.384. The summed E-state index contributed by atoms with van der Waals surface area (Å²) in [6, 6.07) is 1.90. The Bertz CT molecular complexity index is 386. The molecule has 0 radical (unpaired) electrons. The first-order valence-electron chi connectivity index (χ1n) is 4.96. The molecular weight excluding hydrogens is 200 g/mol. The molecule has 0 amide bonds. The molecule has 0 bridgehead atoms. The summed E-state index contributed by atoms with van der Waals surface area (Å²) in [5, 5.41) is 12.8. The van der Waals surface area contributed by atoms with Gasteiger partial charge >= 0.3 is 0 Å². The molecule has 2 N–H and O–H groups in total. The third kappa shape index (κ3) is 1.69. The van der Waals surface area contributed by atoms with E-state index in [-0.39, 0.29) is 5.75 Å². The van der Waals surface area contributed by atoms with Crippen LogP contribution >= 0.6 is 0 Å². The van der Waals surface area contributed by atoms with Crippen molar-refractivity contribution < 1.29 is 13.9 Å². The molecule has 2 rings (SSSR count). The predicted octanol–water partition coefficient (Wildman–Crippen LogP) is 2.27. The van der Waals surface area contributed by atoms with Crippen LogP contribution in [0.15, 0.2) is 12.1 Å². The lowest BCUT2D eigenvalue weighted by atomic mass is 9.89. The van der Waals surface area contributed by atoms with Gasteiger partial charge < -0.3 is 10.4 Å². The number of aromatic hydroxyl groups is 1. The van der Waals surface area contributed by atoms with Crippen molar-refractivity contribution in [2.45, 2.75) is 25.3 Å². The summed E-state index contributed by atoms with van der Waals surface area (Å²) in [5.74, 6) is -2.12. The van der Waals surface area contributed by atoms with E-state index in [2.05, 4.69) is 5.32 Å². The summed E-state index contributed by atoms with van der Waals surface area (Å²) in [6.07, 6.45) is 1.78. The zero-order valence-corrected chi connectivity index (χ0v) is 8.48. The summed E-state index contributed by atoms with van der Waals surface area (Å²) in [5.41, 5.74) is -0.0163. The van der Waals surface area contributed by atoms with Crippen molar-refractivity contribution in [3.63, 3.8) is 0 Å². The van der Waals surface area contributed by atoms with Crippen molar-refractivity contribution in [1.82, 2.24) is 5.32 Å². The fourth-order valence-electron chi connectivity index (χ4n) is 2.10. The van der Waals surface area contributed by atoms with E-state index in [0.29, 0.717) is 5.56 Å². The van der Waals surface area contributed by atoms with Crippen molar-refractivity contribution in [3.8, 4) is 5.75 Å². The molecular formula is C11H13F2NO. The van der Waals surface area contributed by atoms with Gasteiger partial charge in [-0.15, -0.1) is 0 Å². The Morgan fingerprint density at radius 1 is 1.33 bits per heavy atom. The highest BCUT2D eigenvalue weighted by atomic mass is 19.2. The standard InChI is InChI=1S/C11H13F2NO/c1-11(3-2-4-14-11)7-5-8(12)9(13)6-10(7)15/h5-6,14-15H,2-4H2,1H3. The van der Waals surface area contributed by atoms with Crippen LogP contribution in [0.5, 0.6) is 5.75 Å². The predicted molar refractivity (Wildman–Crippen MR) is 52.6 cm³/mol. The molecule has 1 aromatic carbocycles. The molecule has 4 heteroatoms. The Morgan fingerprint density at radius 3 is 2.60 bits per heavy atom. The van der Waals surface area contributed by atoms with E-state index in [1.54, 1.807) is 0 Å². The van der Waals surface area contributed by atoms with Gasteiger partial charge in [-0.2, -0.15) is 0 Å². The zero-order chi connectivity index (χ0) is 11.1. The van der Waals surface area contributed by atoms with Crippen LogP contribution in [0.4, 0.5) is 8.78 Å². The highest BCUT2D eigenvalue weighted by Gasteiger charge is 2.33. The Morgan fingerprint density at radius 2 is 2.00 bits per heavy atom. The van der Waals surface area contributed by atoms with Crippen LogP contribution in [0.3, 0.4) is 0 Å². The maximum atomic E-state index is 13.1. The summed E-state index contributed by atoms with van der Waals surface area (Å²) >= 11 is 0. The van der Waals surface area contributed by atoms with E-state index < -0.39 is 17.2 Å². The van der Waals surface area contributed by atoms with E-state index >= 15 is 0 Å². The van der Waals surface area contributed by atoms with Crippen LogP contribution < -0.4 is 5.32 Å². The van der Waals surface area contributed by atoms with Crippen LogP contribution in [0.25, 0.3) is 0 Å². The van der Waals surface area contributed by atoms with E-state index in [0.717, 1.165) is 31.5 Å². The summed E-state index contributed by atoms with van der Waals surface area (Å²) < 4.78 is 25.9. The lowest BCUT2D eigenvalue weighted by Crippen LogP contribution is -2.33. The first-order chi connectivity index (χ1) is 7.03. The minimum Gasteiger partial charge on any atom is -0.507 e. The van der Waals surface area contributed by atoms with Crippen molar-refractivity contribution >= 4 is 0 Å². The monoisotopic (exact) mass is 213 g/mol. The molecule has 1 heterocycles. The largest absolute Gasteiger partial charge is 0.507 e. The van der Waals surface area contributed by atoms with Gasteiger partial charge in [0.25, 0.3) is 0 Å². The normalized spacial score (nSPS) is 25.8. The molecule has 1 unspecified atom stereocenters. The number of nitrogens with one attached hydrogen (secondary N) is 1. The smallest absolute Gasteiger partial charge is 0.162 e. The zero-order valence-electron chi connectivity index (χ0n) is 8.48. The van der Waals surface area contributed by atoms with E-state index in [4.69, 9.17) is 0 Å². The summed E-state index contributed by atoms with van der Waals surface area (Å²) in [4.78, 5) is 0. The van der Waals surface area contributed by atoms with Gasteiger partial charge in [0.1, 0.15) is 5.75 Å². The molecule has 1 fully saturated rings. The number of benzene rings is 1. The molecule has 0 saturated carbocycles. The van der Waals surface area contributed by atoms with Crippen LogP contribution in [-0.2, 0) is 5.54 Å². The van der Waals surface area contributed by atoms with E-state index in [1.807, 2.05) is 6.92 Å². The van der Waals surface area contributed by atoms with Gasteiger partial charge in [-0.25, -0.2) is 8.78 Å². The van der Waals surface area contributed by atoms with Gasteiger partial charge in [-0.1, -0.05) is 0 Å². The molecule has 1 aliphatic rings. The number of phenols is 1.